The Balaban J connectivity index is 2.07. The van der Waals surface area contributed by atoms with Crippen LogP contribution >= 0.6 is 11.6 Å². The predicted octanol–water partition coefficient (Wildman–Crippen LogP) is 1.80. The monoisotopic (exact) mass is 241 g/mol. The van der Waals surface area contributed by atoms with E-state index in [0.29, 0.717) is 17.3 Å². The minimum atomic E-state index is 0.224. The van der Waals surface area contributed by atoms with E-state index >= 15 is 0 Å². The van der Waals surface area contributed by atoms with Gasteiger partial charge in [-0.2, -0.15) is 15.0 Å². The van der Waals surface area contributed by atoms with Gasteiger partial charge >= 0.3 is 0 Å². The number of halogens is 1. The van der Waals surface area contributed by atoms with E-state index in [0.717, 1.165) is 6.54 Å². The van der Waals surface area contributed by atoms with Crippen molar-refractivity contribution in [1.82, 2.24) is 15.0 Å². The Morgan fingerprint density at radius 3 is 2.56 bits per heavy atom. The van der Waals surface area contributed by atoms with Crippen LogP contribution in [0.2, 0.25) is 5.28 Å². The van der Waals surface area contributed by atoms with Crippen molar-refractivity contribution < 1.29 is 0 Å². The molecule has 0 aromatic carbocycles. The fraction of sp³-hybridized carbons (Fsp3) is 0.700. The molecule has 0 unspecified atom stereocenters. The highest BCUT2D eigenvalue weighted by molar-refractivity contribution is 6.28. The van der Waals surface area contributed by atoms with E-state index in [2.05, 4.69) is 27.2 Å². The van der Waals surface area contributed by atoms with Crippen LogP contribution in [-0.2, 0) is 0 Å². The summed E-state index contributed by atoms with van der Waals surface area (Å²) in [6.07, 6.45) is 2.53. The first kappa shape index (κ1) is 11.4. The van der Waals surface area contributed by atoms with Crippen molar-refractivity contribution in [2.24, 2.45) is 5.41 Å². The van der Waals surface area contributed by atoms with Gasteiger partial charge < -0.3 is 10.2 Å². The van der Waals surface area contributed by atoms with Crippen LogP contribution in [0.15, 0.2) is 0 Å². The van der Waals surface area contributed by atoms with Crippen LogP contribution in [-0.4, -0.2) is 35.6 Å². The second-order valence-corrected chi connectivity index (χ2v) is 5.12. The lowest BCUT2D eigenvalue weighted by Crippen LogP contribution is -2.18. The number of nitrogens with one attached hydrogen (secondary N) is 1. The Kier molecular flexibility index (Phi) is 2.88. The largest absolute Gasteiger partial charge is 0.353 e. The van der Waals surface area contributed by atoms with Gasteiger partial charge in [-0.1, -0.05) is 6.92 Å². The van der Waals surface area contributed by atoms with Crippen molar-refractivity contribution in [2.45, 2.75) is 19.8 Å². The topological polar surface area (TPSA) is 53.9 Å². The molecule has 1 aromatic heterocycles. The van der Waals surface area contributed by atoms with Crippen LogP contribution < -0.4 is 10.2 Å². The van der Waals surface area contributed by atoms with E-state index in [1.165, 1.54) is 12.8 Å². The molecular weight excluding hydrogens is 226 g/mol. The molecule has 1 saturated carbocycles. The molecule has 1 aromatic rings. The maximum absolute atomic E-state index is 5.83. The van der Waals surface area contributed by atoms with Gasteiger partial charge in [-0.15, -0.1) is 0 Å². The van der Waals surface area contributed by atoms with Gasteiger partial charge in [-0.05, 0) is 29.9 Å². The third-order valence-corrected chi connectivity index (χ3v) is 2.94. The van der Waals surface area contributed by atoms with Crippen LogP contribution in [0.4, 0.5) is 11.9 Å². The number of hydrogen-bond donors (Lipinski definition) is 1. The first-order valence-electron chi connectivity index (χ1n) is 5.31. The standard InChI is InChI=1S/C10H16ClN5/c1-10(4-5-10)6-12-8-13-7(11)14-9(15-8)16(2)3/h4-6H2,1-3H3,(H,12,13,14,15). The van der Waals surface area contributed by atoms with E-state index in [1.54, 1.807) is 4.90 Å². The Hall–Kier alpha value is -1.10. The minimum absolute atomic E-state index is 0.224. The summed E-state index contributed by atoms with van der Waals surface area (Å²) in [6, 6.07) is 0. The average molecular weight is 242 g/mol. The van der Waals surface area contributed by atoms with E-state index in [-0.39, 0.29) is 5.28 Å². The van der Waals surface area contributed by atoms with E-state index in [9.17, 15) is 0 Å². The summed E-state index contributed by atoms with van der Waals surface area (Å²) in [6.45, 7) is 3.13. The SMILES string of the molecule is CN(C)c1nc(Cl)nc(NCC2(C)CC2)n1. The highest BCUT2D eigenvalue weighted by Crippen LogP contribution is 2.44. The smallest absolute Gasteiger partial charge is 0.230 e. The van der Waals surface area contributed by atoms with Gasteiger partial charge in [0.25, 0.3) is 0 Å². The number of rotatable bonds is 4. The zero-order valence-electron chi connectivity index (χ0n) is 9.79. The molecule has 1 fully saturated rings. The van der Waals surface area contributed by atoms with Crippen molar-refractivity contribution in [3.8, 4) is 0 Å². The fourth-order valence-electron chi connectivity index (χ4n) is 1.30. The van der Waals surface area contributed by atoms with E-state index < -0.39 is 0 Å². The summed E-state index contributed by atoms with van der Waals surface area (Å²) in [5.74, 6) is 1.13. The average Bonchev–Trinajstić information content (AvgIpc) is 2.94. The second kappa shape index (κ2) is 4.05. The lowest BCUT2D eigenvalue weighted by Gasteiger charge is -2.13. The van der Waals surface area contributed by atoms with Crippen LogP contribution in [0.25, 0.3) is 0 Å². The minimum Gasteiger partial charge on any atom is -0.353 e. The van der Waals surface area contributed by atoms with Gasteiger partial charge in [-0.25, -0.2) is 0 Å². The Bertz CT molecular complexity index is 389. The summed E-state index contributed by atoms with van der Waals surface area (Å²) < 4.78 is 0. The molecule has 1 aliphatic carbocycles. The molecule has 1 aliphatic rings. The van der Waals surface area contributed by atoms with Gasteiger partial charge in [0.15, 0.2) is 0 Å². The molecule has 16 heavy (non-hydrogen) atoms. The quantitative estimate of drug-likeness (QED) is 0.871. The van der Waals surface area contributed by atoms with Gasteiger partial charge in [0.05, 0.1) is 0 Å². The molecule has 5 nitrogen and oxygen atoms in total. The number of nitrogens with zero attached hydrogens (tertiary/aromatic N) is 4. The zero-order chi connectivity index (χ0) is 11.8. The normalized spacial score (nSPS) is 17.0. The van der Waals surface area contributed by atoms with Crippen LogP contribution in [0.1, 0.15) is 19.8 Å². The van der Waals surface area contributed by atoms with Gasteiger partial charge in [-0.3, -0.25) is 0 Å². The molecule has 6 heteroatoms. The lowest BCUT2D eigenvalue weighted by molar-refractivity contribution is 0.607. The van der Waals surface area contributed by atoms with Crippen LogP contribution in [0.3, 0.4) is 0 Å². The van der Waals surface area contributed by atoms with Crippen molar-refractivity contribution in [1.29, 1.82) is 0 Å². The molecule has 0 bridgehead atoms. The molecule has 0 amide bonds. The predicted molar refractivity (Wildman–Crippen MR) is 65.0 cm³/mol. The first-order chi connectivity index (χ1) is 7.48. The number of anilines is 2. The van der Waals surface area contributed by atoms with Crippen molar-refractivity contribution >= 4 is 23.5 Å². The molecule has 0 radical (unpaired) electrons. The molecular formula is C10H16ClN5. The first-order valence-corrected chi connectivity index (χ1v) is 5.69. The Morgan fingerprint density at radius 1 is 1.31 bits per heavy atom. The summed E-state index contributed by atoms with van der Waals surface area (Å²) in [5, 5.41) is 3.43. The molecule has 88 valence electrons. The second-order valence-electron chi connectivity index (χ2n) is 4.79. The maximum Gasteiger partial charge on any atom is 0.230 e. The van der Waals surface area contributed by atoms with Gasteiger partial charge in [0, 0.05) is 20.6 Å². The summed E-state index contributed by atoms with van der Waals surface area (Å²) in [7, 11) is 3.75. The highest BCUT2D eigenvalue weighted by atomic mass is 35.5. The third kappa shape index (κ3) is 2.72. The molecule has 1 N–H and O–H groups in total. The number of aromatic nitrogens is 3. The maximum atomic E-state index is 5.83. The zero-order valence-corrected chi connectivity index (χ0v) is 10.5. The molecule has 0 aliphatic heterocycles. The van der Waals surface area contributed by atoms with Crippen LogP contribution in [0.5, 0.6) is 0 Å². The highest BCUT2D eigenvalue weighted by Gasteiger charge is 2.37. The van der Waals surface area contributed by atoms with Crippen LogP contribution in [0, 0.1) is 5.41 Å². The van der Waals surface area contributed by atoms with Crippen molar-refractivity contribution in [3.05, 3.63) is 5.28 Å². The van der Waals surface area contributed by atoms with Crippen molar-refractivity contribution in [3.63, 3.8) is 0 Å². The summed E-state index contributed by atoms with van der Waals surface area (Å²) in [5.41, 5.74) is 0.414. The van der Waals surface area contributed by atoms with E-state index in [1.807, 2.05) is 14.1 Å². The Morgan fingerprint density at radius 2 is 2.00 bits per heavy atom. The molecule has 0 atom stereocenters. The number of hydrogen-bond acceptors (Lipinski definition) is 5. The van der Waals surface area contributed by atoms with Crippen molar-refractivity contribution in [2.75, 3.05) is 30.9 Å². The third-order valence-electron chi connectivity index (χ3n) is 2.77. The fourth-order valence-corrected chi connectivity index (χ4v) is 1.46. The molecule has 2 rings (SSSR count). The molecule has 0 spiro atoms. The summed E-state index contributed by atoms with van der Waals surface area (Å²) in [4.78, 5) is 14.2. The molecule has 0 saturated heterocycles. The summed E-state index contributed by atoms with van der Waals surface area (Å²) >= 11 is 5.83. The lowest BCUT2D eigenvalue weighted by atomic mass is 10.1. The van der Waals surface area contributed by atoms with Gasteiger partial charge in [0.1, 0.15) is 0 Å². The van der Waals surface area contributed by atoms with E-state index in [4.69, 9.17) is 11.6 Å². The molecule has 1 heterocycles. The van der Waals surface area contributed by atoms with Gasteiger partial charge in [0.2, 0.25) is 17.2 Å². The Labute approximate surface area is 100 Å².